The van der Waals surface area contributed by atoms with Crippen molar-refractivity contribution < 1.29 is 35.5 Å². The first-order valence-electron chi connectivity index (χ1n) is 8.48. The van der Waals surface area contributed by atoms with Crippen molar-refractivity contribution in [3.05, 3.63) is 59.7 Å². The first-order valence-corrected chi connectivity index (χ1v) is 9.92. The quantitative estimate of drug-likeness (QED) is 0.682. The Balaban J connectivity index is 1.74. The van der Waals surface area contributed by atoms with E-state index in [1.54, 1.807) is 0 Å². The molecule has 0 saturated carbocycles. The standard InChI is InChI=1S/C18H16F4N2O4S/c19-12-5-6-14(20)16(11-12)29(26,27)24-9-7-23(8-10-24)17(25)13-3-1-2-4-15(13)28-18(21)22/h1-6,11,18H,7-10H2. The number of rotatable bonds is 5. The van der Waals surface area contributed by atoms with Gasteiger partial charge in [0.05, 0.1) is 5.56 Å². The summed E-state index contributed by atoms with van der Waals surface area (Å²) in [5.41, 5.74) is -0.0831. The summed E-state index contributed by atoms with van der Waals surface area (Å²) in [5.74, 6) is -2.86. The fourth-order valence-corrected chi connectivity index (χ4v) is 4.46. The van der Waals surface area contributed by atoms with Crippen LogP contribution < -0.4 is 4.74 Å². The number of hydrogen-bond acceptors (Lipinski definition) is 4. The van der Waals surface area contributed by atoms with Gasteiger partial charge in [-0.2, -0.15) is 13.1 Å². The van der Waals surface area contributed by atoms with E-state index in [2.05, 4.69) is 4.74 Å². The Labute approximate surface area is 164 Å². The molecule has 2 aromatic carbocycles. The SMILES string of the molecule is O=C(c1ccccc1OC(F)F)N1CCN(S(=O)(=O)c2cc(F)ccc2F)CC1. The van der Waals surface area contributed by atoms with E-state index >= 15 is 0 Å². The van der Waals surface area contributed by atoms with Gasteiger partial charge in [0.2, 0.25) is 10.0 Å². The Bertz CT molecular complexity index is 1010. The summed E-state index contributed by atoms with van der Waals surface area (Å²) in [7, 11) is -4.30. The molecule has 1 amide bonds. The zero-order valence-corrected chi connectivity index (χ0v) is 15.7. The summed E-state index contributed by atoms with van der Waals surface area (Å²) in [5, 5.41) is 0. The Morgan fingerprint density at radius 1 is 1.00 bits per heavy atom. The topological polar surface area (TPSA) is 66.9 Å². The average Bonchev–Trinajstić information content (AvgIpc) is 2.69. The zero-order valence-electron chi connectivity index (χ0n) is 14.9. The van der Waals surface area contributed by atoms with E-state index in [0.29, 0.717) is 6.07 Å². The van der Waals surface area contributed by atoms with Gasteiger partial charge in [0, 0.05) is 26.2 Å². The molecule has 0 bridgehead atoms. The third kappa shape index (κ3) is 4.51. The molecule has 1 saturated heterocycles. The molecule has 0 N–H and O–H groups in total. The molecule has 1 aliphatic rings. The number of sulfonamides is 1. The van der Waals surface area contributed by atoms with E-state index in [4.69, 9.17) is 0 Å². The van der Waals surface area contributed by atoms with Crippen molar-refractivity contribution in [1.82, 2.24) is 9.21 Å². The van der Waals surface area contributed by atoms with E-state index in [1.807, 2.05) is 0 Å². The molecule has 0 atom stereocenters. The molecule has 0 aromatic heterocycles. The van der Waals surface area contributed by atoms with Crippen LogP contribution in [-0.4, -0.2) is 56.3 Å². The maximum atomic E-state index is 13.9. The maximum absolute atomic E-state index is 13.9. The number of piperazine rings is 1. The largest absolute Gasteiger partial charge is 0.434 e. The van der Waals surface area contributed by atoms with Crippen molar-refractivity contribution in [3.63, 3.8) is 0 Å². The Hall–Kier alpha value is -2.66. The zero-order chi connectivity index (χ0) is 21.2. The molecule has 3 rings (SSSR count). The summed E-state index contributed by atoms with van der Waals surface area (Å²) >= 11 is 0. The van der Waals surface area contributed by atoms with Gasteiger partial charge in [-0.3, -0.25) is 4.79 Å². The number of alkyl halides is 2. The number of carbonyl (C=O) groups is 1. The van der Waals surface area contributed by atoms with Gasteiger partial charge in [0.25, 0.3) is 5.91 Å². The molecule has 0 spiro atoms. The van der Waals surface area contributed by atoms with Crippen molar-refractivity contribution in [2.24, 2.45) is 0 Å². The second kappa shape index (κ2) is 8.37. The van der Waals surface area contributed by atoms with E-state index in [9.17, 15) is 30.8 Å². The lowest BCUT2D eigenvalue weighted by Crippen LogP contribution is -2.50. The lowest BCUT2D eigenvalue weighted by Gasteiger charge is -2.34. The molecular weight excluding hydrogens is 416 g/mol. The van der Waals surface area contributed by atoms with Gasteiger partial charge in [-0.25, -0.2) is 17.2 Å². The molecule has 156 valence electrons. The minimum absolute atomic E-state index is 0.0575. The van der Waals surface area contributed by atoms with Crippen LogP contribution in [0.1, 0.15) is 10.4 Å². The predicted molar refractivity (Wildman–Crippen MR) is 94.1 cm³/mol. The first-order chi connectivity index (χ1) is 13.7. The summed E-state index contributed by atoms with van der Waals surface area (Å²) in [6.07, 6.45) is 0. The fraction of sp³-hybridized carbons (Fsp3) is 0.278. The minimum atomic E-state index is -4.30. The van der Waals surface area contributed by atoms with Gasteiger partial charge in [0.1, 0.15) is 22.3 Å². The van der Waals surface area contributed by atoms with E-state index in [0.717, 1.165) is 16.4 Å². The normalized spacial score (nSPS) is 15.6. The maximum Gasteiger partial charge on any atom is 0.387 e. The lowest BCUT2D eigenvalue weighted by molar-refractivity contribution is -0.0503. The van der Waals surface area contributed by atoms with Crippen molar-refractivity contribution in [2.75, 3.05) is 26.2 Å². The highest BCUT2D eigenvalue weighted by molar-refractivity contribution is 7.89. The third-order valence-electron chi connectivity index (χ3n) is 4.37. The number of amides is 1. The molecule has 1 fully saturated rings. The molecule has 0 aliphatic carbocycles. The third-order valence-corrected chi connectivity index (χ3v) is 6.28. The summed E-state index contributed by atoms with van der Waals surface area (Å²) in [4.78, 5) is 13.1. The number of para-hydroxylation sites is 1. The first kappa shape index (κ1) is 21.1. The lowest BCUT2D eigenvalue weighted by atomic mass is 10.1. The van der Waals surface area contributed by atoms with Crippen molar-refractivity contribution in [2.45, 2.75) is 11.5 Å². The van der Waals surface area contributed by atoms with Crippen LogP contribution >= 0.6 is 0 Å². The highest BCUT2D eigenvalue weighted by Crippen LogP contribution is 2.25. The fourth-order valence-electron chi connectivity index (χ4n) is 2.96. The number of hydrogen-bond donors (Lipinski definition) is 0. The van der Waals surface area contributed by atoms with Crippen LogP contribution in [0.2, 0.25) is 0 Å². The Kier molecular flexibility index (Phi) is 6.08. The molecular formula is C18H16F4N2O4S. The second-order valence-electron chi connectivity index (χ2n) is 6.15. The Morgan fingerprint density at radius 3 is 2.31 bits per heavy atom. The number of carbonyl (C=O) groups excluding carboxylic acids is 1. The predicted octanol–water partition coefficient (Wildman–Crippen LogP) is 2.71. The van der Waals surface area contributed by atoms with Gasteiger partial charge < -0.3 is 9.64 Å². The number of halogens is 4. The van der Waals surface area contributed by atoms with Gasteiger partial charge in [-0.15, -0.1) is 0 Å². The highest BCUT2D eigenvalue weighted by Gasteiger charge is 2.33. The van der Waals surface area contributed by atoms with Gasteiger partial charge in [-0.05, 0) is 30.3 Å². The average molecular weight is 432 g/mol. The molecule has 11 heteroatoms. The van der Waals surface area contributed by atoms with Gasteiger partial charge in [0.15, 0.2) is 0 Å². The number of nitrogens with zero attached hydrogens (tertiary/aromatic N) is 2. The van der Waals surface area contributed by atoms with Crippen LogP contribution in [-0.2, 0) is 10.0 Å². The van der Waals surface area contributed by atoms with E-state index in [-0.39, 0.29) is 37.5 Å². The molecule has 29 heavy (non-hydrogen) atoms. The minimum Gasteiger partial charge on any atom is -0.434 e. The van der Waals surface area contributed by atoms with Gasteiger partial charge in [-0.1, -0.05) is 12.1 Å². The molecule has 0 radical (unpaired) electrons. The van der Waals surface area contributed by atoms with Crippen molar-refractivity contribution in [3.8, 4) is 5.75 Å². The van der Waals surface area contributed by atoms with Crippen LogP contribution in [0, 0.1) is 11.6 Å². The van der Waals surface area contributed by atoms with Crippen LogP contribution in [0.3, 0.4) is 0 Å². The summed E-state index contributed by atoms with van der Waals surface area (Å²) in [6.45, 7) is -3.55. The van der Waals surface area contributed by atoms with E-state index < -0.39 is 39.1 Å². The summed E-state index contributed by atoms with van der Waals surface area (Å²) in [6, 6.07) is 7.61. The molecule has 1 heterocycles. The number of benzene rings is 2. The summed E-state index contributed by atoms with van der Waals surface area (Å²) < 4.78 is 82.8. The second-order valence-corrected chi connectivity index (χ2v) is 8.05. The monoisotopic (exact) mass is 432 g/mol. The van der Waals surface area contributed by atoms with Crippen LogP contribution in [0.5, 0.6) is 5.75 Å². The number of ether oxygens (including phenoxy) is 1. The van der Waals surface area contributed by atoms with Crippen LogP contribution in [0.25, 0.3) is 0 Å². The van der Waals surface area contributed by atoms with Gasteiger partial charge >= 0.3 is 6.61 Å². The van der Waals surface area contributed by atoms with E-state index in [1.165, 1.54) is 29.2 Å². The molecule has 6 nitrogen and oxygen atoms in total. The smallest absolute Gasteiger partial charge is 0.387 e. The Morgan fingerprint density at radius 2 is 1.66 bits per heavy atom. The molecule has 0 unspecified atom stereocenters. The van der Waals surface area contributed by atoms with Crippen molar-refractivity contribution >= 4 is 15.9 Å². The highest BCUT2D eigenvalue weighted by atomic mass is 32.2. The van der Waals surface area contributed by atoms with Crippen molar-refractivity contribution in [1.29, 1.82) is 0 Å². The molecule has 2 aromatic rings. The van der Waals surface area contributed by atoms with Crippen LogP contribution in [0.15, 0.2) is 47.4 Å². The molecule has 1 aliphatic heterocycles. The van der Waals surface area contributed by atoms with Crippen LogP contribution in [0.4, 0.5) is 17.6 Å².